The van der Waals surface area contributed by atoms with Crippen LogP contribution in [0.1, 0.15) is 18.4 Å². The molecule has 1 aromatic carbocycles. The lowest BCUT2D eigenvalue weighted by Gasteiger charge is -2.37. The van der Waals surface area contributed by atoms with Crippen LogP contribution in [0.5, 0.6) is 11.5 Å². The van der Waals surface area contributed by atoms with Crippen molar-refractivity contribution in [2.24, 2.45) is 5.92 Å². The first-order valence-electron chi connectivity index (χ1n) is 9.97. The van der Waals surface area contributed by atoms with Crippen LogP contribution in [-0.4, -0.2) is 77.2 Å². The van der Waals surface area contributed by atoms with Gasteiger partial charge in [-0.1, -0.05) is 6.07 Å². The number of hydrogen-bond acceptors (Lipinski definition) is 6. The summed E-state index contributed by atoms with van der Waals surface area (Å²) in [6.07, 6.45) is 1.97. The van der Waals surface area contributed by atoms with E-state index in [0.29, 0.717) is 12.7 Å². The molecule has 1 saturated carbocycles. The van der Waals surface area contributed by atoms with Crippen molar-refractivity contribution in [2.45, 2.75) is 25.4 Å². The number of benzene rings is 1. The van der Waals surface area contributed by atoms with Crippen LogP contribution in [0.2, 0.25) is 0 Å². The summed E-state index contributed by atoms with van der Waals surface area (Å²) in [5, 5.41) is 0. The molecular weight excluding hydrogens is 378 g/mol. The number of rotatable bonds is 4. The number of carbonyl (C=O) groups is 2. The van der Waals surface area contributed by atoms with E-state index in [1.807, 2.05) is 21.9 Å². The van der Waals surface area contributed by atoms with Crippen molar-refractivity contribution in [1.29, 1.82) is 0 Å². The molecule has 7 nitrogen and oxygen atoms in total. The van der Waals surface area contributed by atoms with Gasteiger partial charge in [-0.15, -0.1) is 11.8 Å². The minimum atomic E-state index is -0.265. The molecule has 8 heteroatoms. The van der Waals surface area contributed by atoms with Gasteiger partial charge < -0.3 is 19.3 Å². The molecule has 0 aromatic heterocycles. The molecule has 0 bridgehead atoms. The lowest BCUT2D eigenvalue weighted by atomic mass is 10.1. The van der Waals surface area contributed by atoms with E-state index in [-0.39, 0.29) is 23.8 Å². The first-order valence-corrected chi connectivity index (χ1v) is 11.1. The summed E-state index contributed by atoms with van der Waals surface area (Å²) in [6, 6.07) is 5.80. The van der Waals surface area contributed by atoms with Crippen LogP contribution in [0, 0.1) is 5.92 Å². The molecule has 28 heavy (non-hydrogen) atoms. The molecule has 3 aliphatic heterocycles. The van der Waals surface area contributed by atoms with Gasteiger partial charge in [0.05, 0.1) is 5.88 Å². The van der Waals surface area contributed by atoms with Gasteiger partial charge in [-0.05, 0) is 30.5 Å². The highest BCUT2D eigenvalue weighted by Gasteiger charge is 2.42. The number of hydrogen-bond donors (Lipinski definition) is 0. The van der Waals surface area contributed by atoms with Gasteiger partial charge >= 0.3 is 0 Å². The maximum absolute atomic E-state index is 13.0. The average molecular weight is 404 g/mol. The fraction of sp³-hybridized carbons (Fsp3) is 0.600. The van der Waals surface area contributed by atoms with Crippen molar-refractivity contribution in [3.05, 3.63) is 23.8 Å². The van der Waals surface area contributed by atoms with Crippen molar-refractivity contribution in [3.8, 4) is 11.5 Å². The SMILES string of the molecule is O=C(C1CSCN1C(=O)C1CC1)N1CCN(Cc2ccc3c(c2)OCO3)CC1. The topological polar surface area (TPSA) is 62.3 Å². The lowest BCUT2D eigenvalue weighted by molar-refractivity contribution is -0.145. The standard InChI is InChI=1S/C20H25N3O4S/c24-19(15-2-3-15)23-12-28-11-16(23)20(25)22-7-5-21(6-8-22)10-14-1-4-17-18(9-14)27-13-26-17/h1,4,9,15-16H,2-3,5-8,10-13H2. The molecule has 4 aliphatic rings. The predicted molar refractivity (Wildman–Crippen MR) is 105 cm³/mol. The van der Waals surface area contributed by atoms with E-state index in [1.165, 1.54) is 5.56 Å². The zero-order valence-electron chi connectivity index (χ0n) is 15.8. The maximum Gasteiger partial charge on any atom is 0.246 e. The van der Waals surface area contributed by atoms with E-state index in [0.717, 1.165) is 62.8 Å². The molecule has 1 aliphatic carbocycles. The largest absolute Gasteiger partial charge is 0.454 e. The Morgan fingerprint density at radius 1 is 1.04 bits per heavy atom. The Kier molecular flexibility index (Phi) is 4.84. The molecule has 0 spiro atoms. The summed E-state index contributed by atoms with van der Waals surface area (Å²) in [7, 11) is 0. The Morgan fingerprint density at radius 2 is 1.82 bits per heavy atom. The van der Waals surface area contributed by atoms with E-state index in [1.54, 1.807) is 11.8 Å². The summed E-state index contributed by atoms with van der Waals surface area (Å²) in [6.45, 7) is 4.25. The Balaban J connectivity index is 1.15. The number of thioether (sulfide) groups is 1. The van der Waals surface area contributed by atoms with Crippen molar-refractivity contribution in [3.63, 3.8) is 0 Å². The Hall–Kier alpha value is -1.93. The molecule has 2 saturated heterocycles. The minimum Gasteiger partial charge on any atom is -0.454 e. The molecule has 150 valence electrons. The minimum absolute atomic E-state index is 0.127. The molecule has 1 atom stereocenters. The number of fused-ring (bicyclic) bond motifs is 1. The summed E-state index contributed by atoms with van der Waals surface area (Å²) in [5.74, 6) is 3.49. The average Bonchev–Trinajstić information content (AvgIpc) is 3.26. The van der Waals surface area contributed by atoms with Gasteiger partial charge in [0.25, 0.3) is 0 Å². The van der Waals surface area contributed by atoms with Crippen LogP contribution in [0.25, 0.3) is 0 Å². The number of nitrogens with zero attached hydrogens (tertiary/aromatic N) is 3. The fourth-order valence-electron chi connectivity index (χ4n) is 4.06. The van der Waals surface area contributed by atoms with Gasteiger partial charge in [-0.3, -0.25) is 14.5 Å². The molecule has 0 N–H and O–H groups in total. The monoisotopic (exact) mass is 403 g/mol. The Bertz CT molecular complexity index is 777. The van der Waals surface area contributed by atoms with E-state index in [9.17, 15) is 9.59 Å². The molecular formula is C20H25N3O4S. The van der Waals surface area contributed by atoms with E-state index in [4.69, 9.17) is 9.47 Å². The summed E-state index contributed by atoms with van der Waals surface area (Å²) in [5.41, 5.74) is 1.19. The number of piperazine rings is 1. The predicted octanol–water partition coefficient (Wildman–Crippen LogP) is 1.37. The number of carbonyl (C=O) groups excluding carboxylic acids is 2. The number of amides is 2. The van der Waals surface area contributed by atoms with Gasteiger partial charge in [0.1, 0.15) is 6.04 Å². The third-order valence-electron chi connectivity index (χ3n) is 5.90. The van der Waals surface area contributed by atoms with E-state index < -0.39 is 0 Å². The van der Waals surface area contributed by atoms with Crippen LogP contribution in [0.4, 0.5) is 0 Å². The summed E-state index contributed by atoms with van der Waals surface area (Å²) < 4.78 is 10.8. The van der Waals surface area contributed by atoms with Crippen molar-refractivity contribution >= 4 is 23.6 Å². The second-order valence-electron chi connectivity index (χ2n) is 7.89. The molecule has 5 rings (SSSR count). The highest BCUT2D eigenvalue weighted by Crippen LogP contribution is 2.35. The highest BCUT2D eigenvalue weighted by atomic mass is 32.2. The molecule has 3 fully saturated rings. The fourth-order valence-corrected chi connectivity index (χ4v) is 5.22. The molecule has 1 aromatic rings. The van der Waals surface area contributed by atoms with Crippen molar-refractivity contribution < 1.29 is 19.1 Å². The van der Waals surface area contributed by atoms with Crippen LogP contribution in [0.3, 0.4) is 0 Å². The van der Waals surface area contributed by atoms with E-state index >= 15 is 0 Å². The zero-order valence-corrected chi connectivity index (χ0v) is 16.7. The molecule has 1 unspecified atom stereocenters. The van der Waals surface area contributed by atoms with Gasteiger partial charge in [-0.25, -0.2) is 0 Å². The normalized spacial score (nSPS) is 24.6. The van der Waals surface area contributed by atoms with Crippen molar-refractivity contribution in [2.75, 3.05) is 44.6 Å². The lowest BCUT2D eigenvalue weighted by Crippen LogP contribution is -2.55. The van der Waals surface area contributed by atoms with Crippen LogP contribution >= 0.6 is 11.8 Å². The second-order valence-corrected chi connectivity index (χ2v) is 8.89. The second kappa shape index (κ2) is 7.48. The quantitative estimate of drug-likeness (QED) is 0.757. The summed E-state index contributed by atoms with van der Waals surface area (Å²) in [4.78, 5) is 31.6. The van der Waals surface area contributed by atoms with Crippen LogP contribution in [-0.2, 0) is 16.1 Å². The molecule has 2 amide bonds. The van der Waals surface area contributed by atoms with Crippen LogP contribution in [0.15, 0.2) is 18.2 Å². The van der Waals surface area contributed by atoms with E-state index in [2.05, 4.69) is 11.0 Å². The maximum atomic E-state index is 13.0. The highest BCUT2D eigenvalue weighted by molar-refractivity contribution is 7.99. The molecule has 3 heterocycles. The van der Waals surface area contributed by atoms with Gasteiger partial charge in [0, 0.05) is 44.4 Å². The Morgan fingerprint density at radius 3 is 2.61 bits per heavy atom. The molecule has 0 radical (unpaired) electrons. The first kappa shape index (κ1) is 18.1. The number of ether oxygens (including phenoxy) is 2. The van der Waals surface area contributed by atoms with Crippen molar-refractivity contribution in [1.82, 2.24) is 14.7 Å². The van der Waals surface area contributed by atoms with Gasteiger partial charge in [-0.2, -0.15) is 0 Å². The van der Waals surface area contributed by atoms with Crippen LogP contribution < -0.4 is 9.47 Å². The third-order valence-corrected chi connectivity index (χ3v) is 6.92. The summed E-state index contributed by atoms with van der Waals surface area (Å²) >= 11 is 1.69. The Labute approximate surface area is 168 Å². The van der Waals surface area contributed by atoms with Gasteiger partial charge in [0.15, 0.2) is 11.5 Å². The smallest absolute Gasteiger partial charge is 0.246 e. The zero-order chi connectivity index (χ0) is 19.1. The first-order chi connectivity index (χ1) is 13.7. The van der Waals surface area contributed by atoms with Gasteiger partial charge in [0.2, 0.25) is 18.6 Å². The third kappa shape index (κ3) is 3.55.